The third kappa shape index (κ3) is 4.55. The number of fused-ring (bicyclic) bond motifs is 1. The molecule has 1 aromatic carbocycles. The molecule has 1 fully saturated rings. The number of ether oxygens (including phenoxy) is 1. The van der Waals surface area contributed by atoms with Gasteiger partial charge in [-0.15, -0.1) is 0 Å². The topological polar surface area (TPSA) is 63.6 Å². The fourth-order valence-electron chi connectivity index (χ4n) is 4.21. The highest BCUT2D eigenvalue weighted by Gasteiger charge is 2.47. The zero-order valence-corrected chi connectivity index (χ0v) is 19.1. The molecule has 0 unspecified atom stereocenters. The van der Waals surface area contributed by atoms with Gasteiger partial charge in [-0.25, -0.2) is 8.42 Å². The maximum absolute atomic E-state index is 12.5. The van der Waals surface area contributed by atoms with Crippen molar-refractivity contribution in [1.82, 2.24) is 0 Å². The molecule has 0 saturated carbocycles. The normalized spacial score (nSPS) is 24.2. The number of rotatable bonds is 7. The number of hydrogen-bond donors (Lipinski definition) is 1. The lowest BCUT2D eigenvalue weighted by atomic mass is 9.91. The van der Waals surface area contributed by atoms with Crippen LogP contribution in [-0.2, 0) is 14.6 Å². The highest BCUT2D eigenvalue weighted by molar-refractivity contribution is 9.10. The van der Waals surface area contributed by atoms with E-state index in [2.05, 4.69) is 42.8 Å². The highest BCUT2D eigenvalue weighted by atomic mass is 79.9. The molecule has 1 saturated heterocycles. The summed E-state index contributed by atoms with van der Waals surface area (Å²) in [5, 5.41) is 9.70. The van der Waals surface area contributed by atoms with Gasteiger partial charge in [-0.1, -0.05) is 54.8 Å². The lowest BCUT2D eigenvalue weighted by Crippen LogP contribution is -2.19. The van der Waals surface area contributed by atoms with Gasteiger partial charge in [-0.2, -0.15) is 0 Å². The Kier molecular flexibility index (Phi) is 6.72. The van der Waals surface area contributed by atoms with Crippen LogP contribution in [0.15, 0.2) is 39.4 Å². The summed E-state index contributed by atoms with van der Waals surface area (Å²) < 4.78 is 31.8. The van der Waals surface area contributed by atoms with Gasteiger partial charge in [-0.05, 0) is 54.5 Å². The van der Waals surface area contributed by atoms with Crippen molar-refractivity contribution in [2.75, 3.05) is 12.4 Å². The van der Waals surface area contributed by atoms with Crippen LogP contribution in [0, 0.1) is 5.92 Å². The van der Waals surface area contributed by atoms with Crippen molar-refractivity contribution in [2.45, 2.75) is 57.8 Å². The van der Waals surface area contributed by atoms with Gasteiger partial charge in [0.2, 0.25) is 0 Å². The Balaban J connectivity index is 1.80. The average molecular weight is 469 g/mol. The zero-order valence-electron chi connectivity index (χ0n) is 16.7. The SMILES string of the molecule is CCC/C(=C\c1cc(Br)ccc1O)CC[C@H]1OC[C@H]2C1=C(C(C)C)CS2(=O)=O. The van der Waals surface area contributed by atoms with Crippen LogP contribution >= 0.6 is 15.9 Å². The largest absolute Gasteiger partial charge is 0.507 e. The number of phenols is 1. The minimum Gasteiger partial charge on any atom is -0.507 e. The molecular formula is C22H29BrO4S. The van der Waals surface area contributed by atoms with Crippen molar-refractivity contribution in [1.29, 1.82) is 0 Å². The van der Waals surface area contributed by atoms with Crippen LogP contribution in [0.25, 0.3) is 6.08 Å². The lowest BCUT2D eigenvalue weighted by molar-refractivity contribution is 0.117. The first kappa shape index (κ1) is 21.6. The Hall–Kier alpha value is -1.11. The molecule has 28 heavy (non-hydrogen) atoms. The quantitative estimate of drug-likeness (QED) is 0.553. The third-order valence-corrected chi connectivity index (χ3v) is 8.11. The number of benzene rings is 1. The van der Waals surface area contributed by atoms with Crippen LogP contribution in [0.4, 0.5) is 0 Å². The van der Waals surface area contributed by atoms with E-state index in [1.54, 1.807) is 6.07 Å². The van der Waals surface area contributed by atoms with Crippen LogP contribution in [0.1, 0.15) is 52.0 Å². The van der Waals surface area contributed by atoms with Crippen LogP contribution in [-0.4, -0.2) is 37.2 Å². The van der Waals surface area contributed by atoms with E-state index in [-0.39, 0.29) is 30.1 Å². The summed E-state index contributed by atoms with van der Waals surface area (Å²) >= 11 is 3.46. The third-order valence-electron chi connectivity index (χ3n) is 5.65. The van der Waals surface area contributed by atoms with Gasteiger partial charge in [0.1, 0.15) is 11.0 Å². The molecular weight excluding hydrogens is 440 g/mol. The lowest BCUT2D eigenvalue weighted by Gasteiger charge is -2.17. The fraction of sp³-hybridized carbons (Fsp3) is 0.545. The van der Waals surface area contributed by atoms with E-state index < -0.39 is 15.1 Å². The minimum atomic E-state index is -3.11. The average Bonchev–Trinajstić information content (AvgIpc) is 3.16. The molecule has 0 amide bonds. The molecule has 1 aromatic rings. The number of aromatic hydroxyl groups is 1. The molecule has 154 valence electrons. The molecule has 6 heteroatoms. The van der Waals surface area contributed by atoms with Gasteiger partial charge in [0.25, 0.3) is 0 Å². The number of allylic oxidation sites excluding steroid dienone is 1. The molecule has 0 aromatic heterocycles. The van der Waals surface area contributed by atoms with E-state index in [0.717, 1.165) is 46.9 Å². The second-order valence-corrected chi connectivity index (χ2v) is 11.1. The van der Waals surface area contributed by atoms with E-state index >= 15 is 0 Å². The summed E-state index contributed by atoms with van der Waals surface area (Å²) in [6, 6.07) is 5.42. The molecule has 2 aliphatic heterocycles. The van der Waals surface area contributed by atoms with Gasteiger partial charge in [0, 0.05) is 10.0 Å². The fourth-order valence-corrected chi connectivity index (χ4v) is 6.70. The number of phenolic OH excluding ortho intramolecular Hbond substituents is 1. The van der Waals surface area contributed by atoms with E-state index in [9.17, 15) is 13.5 Å². The summed E-state index contributed by atoms with van der Waals surface area (Å²) in [6.07, 6.45) is 5.50. The molecule has 2 aliphatic rings. The van der Waals surface area contributed by atoms with E-state index in [4.69, 9.17) is 4.74 Å². The van der Waals surface area contributed by atoms with Gasteiger partial charge in [0.05, 0.1) is 18.5 Å². The Morgan fingerprint density at radius 1 is 1.36 bits per heavy atom. The van der Waals surface area contributed by atoms with Crippen molar-refractivity contribution < 1.29 is 18.3 Å². The molecule has 0 radical (unpaired) electrons. The maximum Gasteiger partial charge on any atom is 0.163 e. The van der Waals surface area contributed by atoms with Gasteiger partial charge < -0.3 is 9.84 Å². The Morgan fingerprint density at radius 3 is 2.79 bits per heavy atom. The van der Waals surface area contributed by atoms with Crippen LogP contribution in [0.2, 0.25) is 0 Å². The molecule has 2 atom stereocenters. The molecule has 2 heterocycles. The monoisotopic (exact) mass is 468 g/mol. The first-order valence-corrected chi connectivity index (χ1v) is 12.5. The predicted molar refractivity (Wildman–Crippen MR) is 117 cm³/mol. The van der Waals surface area contributed by atoms with Crippen LogP contribution in [0.3, 0.4) is 0 Å². The standard InChI is InChI=1S/C22H29BrO4S/c1-4-5-15(10-16-11-17(23)7-8-19(16)24)6-9-20-22-18(14(2)3)13-28(25,26)21(22)12-27-20/h7-8,10-11,14,20-21,24H,4-6,9,12-13H2,1-3H3/b15-10+/t20-,21+/m1/s1. The highest BCUT2D eigenvalue weighted by Crippen LogP contribution is 2.41. The summed E-state index contributed by atoms with van der Waals surface area (Å²) in [5.41, 5.74) is 4.12. The van der Waals surface area contributed by atoms with Gasteiger partial charge in [-0.3, -0.25) is 0 Å². The smallest absolute Gasteiger partial charge is 0.163 e. The van der Waals surface area contributed by atoms with E-state index in [1.165, 1.54) is 5.57 Å². The molecule has 4 nitrogen and oxygen atoms in total. The zero-order chi connectivity index (χ0) is 20.5. The summed E-state index contributed by atoms with van der Waals surface area (Å²) in [5.74, 6) is 0.678. The first-order chi connectivity index (χ1) is 13.2. The maximum atomic E-state index is 12.5. The molecule has 3 rings (SSSR count). The Labute approximate surface area is 176 Å². The molecule has 0 aliphatic carbocycles. The van der Waals surface area contributed by atoms with Crippen LogP contribution < -0.4 is 0 Å². The number of halogens is 1. The van der Waals surface area contributed by atoms with Gasteiger partial charge >= 0.3 is 0 Å². The van der Waals surface area contributed by atoms with Crippen molar-refractivity contribution >= 4 is 31.8 Å². The summed E-state index contributed by atoms with van der Waals surface area (Å²) in [6.45, 7) is 6.56. The Bertz CT molecular complexity index is 899. The first-order valence-electron chi connectivity index (χ1n) is 9.97. The molecule has 1 N–H and O–H groups in total. The van der Waals surface area contributed by atoms with E-state index in [0.29, 0.717) is 0 Å². The molecule has 0 bridgehead atoms. The van der Waals surface area contributed by atoms with Crippen molar-refractivity contribution in [3.8, 4) is 5.75 Å². The predicted octanol–water partition coefficient (Wildman–Crippen LogP) is 5.27. The molecule has 0 spiro atoms. The van der Waals surface area contributed by atoms with Crippen LogP contribution in [0.5, 0.6) is 5.75 Å². The second kappa shape index (κ2) is 8.72. The van der Waals surface area contributed by atoms with Gasteiger partial charge in [0.15, 0.2) is 9.84 Å². The van der Waals surface area contributed by atoms with Crippen molar-refractivity contribution in [2.24, 2.45) is 5.92 Å². The second-order valence-electron chi connectivity index (χ2n) is 8.05. The van der Waals surface area contributed by atoms with E-state index in [1.807, 2.05) is 12.1 Å². The summed E-state index contributed by atoms with van der Waals surface area (Å²) in [7, 11) is -3.11. The van der Waals surface area contributed by atoms with Crippen molar-refractivity contribution in [3.63, 3.8) is 0 Å². The Morgan fingerprint density at radius 2 is 2.11 bits per heavy atom. The number of hydrogen-bond acceptors (Lipinski definition) is 4. The number of sulfone groups is 1. The minimum absolute atomic E-state index is 0.115. The summed E-state index contributed by atoms with van der Waals surface area (Å²) in [4.78, 5) is 0. The van der Waals surface area contributed by atoms with Crippen molar-refractivity contribution in [3.05, 3.63) is 45.0 Å².